The van der Waals surface area contributed by atoms with Crippen LogP contribution in [-0.2, 0) is 6.54 Å². The molecule has 2 aromatic rings. The lowest BCUT2D eigenvalue weighted by Crippen LogP contribution is -2.22. The summed E-state index contributed by atoms with van der Waals surface area (Å²) in [6.45, 7) is 7.28. The van der Waals surface area contributed by atoms with Crippen LogP contribution in [0.25, 0.3) is 10.4 Å². The zero-order valence-electron chi connectivity index (χ0n) is 12.8. The van der Waals surface area contributed by atoms with Gasteiger partial charge in [0.25, 0.3) is 0 Å². The van der Waals surface area contributed by atoms with Crippen LogP contribution >= 0.6 is 11.3 Å². The quantitative estimate of drug-likeness (QED) is 0.840. The number of nitrogens with zero attached hydrogens (tertiary/aromatic N) is 2. The summed E-state index contributed by atoms with van der Waals surface area (Å²) in [5, 5.41) is 4.74. The Labute approximate surface area is 131 Å². The van der Waals surface area contributed by atoms with Crippen LogP contribution in [0.2, 0.25) is 0 Å². The van der Waals surface area contributed by atoms with Gasteiger partial charge in [-0.3, -0.25) is 0 Å². The van der Waals surface area contributed by atoms with Crippen molar-refractivity contribution >= 4 is 16.5 Å². The lowest BCUT2D eigenvalue weighted by atomic mass is 10.1. The Morgan fingerprint density at radius 2 is 1.90 bits per heavy atom. The third-order valence-electron chi connectivity index (χ3n) is 3.89. The van der Waals surface area contributed by atoms with Crippen LogP contribution in [0.3, 0.4) is 0 Å². The fourth-order valence-electron chi connectivity index (χ4n) is 2.43. The second kappa shape index (κ2) is 6.58. The Bertz CT molecular complexity index is 571. The highest BCUT2D eigenvalue weighted by atomic mass is 32.1. The van der Waals surface area contributed by atoms with Gasteiger partial charge in [-0.1, -0.05) is 41.7 Å². The third kappa shape index (κ3) is 3.44. The molecule has 0 aliphatic heterocycles. The highest BCUT2D eigenvalue weighted by Gasteiger charge is 2.22. The number of anilines is 1. The summed E-state index contributed by atoms with van der Waals surface area (Å²) in [6.07, 6.45) is 2.63. The Kier molecular flexibility index (Phi) is 4.56. The molecule has 1 saturated carbocycles. The van der Waals surface area contributed by atoms with E-state index in [0.29, 0.717) is 6.04 Å². The summed E-state index contributed by atoms with van der Waals surface area (Å²) in [7, 11) is 0. The summed E-state index contributed by atoms with van der Waals surface area (Å²) < 4.78 is 0. The van der Waals surface area contributed by atoms with E-state index in [0.717, 1.165) is 24.8 Å². The van der Waals surface area contributed by atoms with Gasteiger partial charge >= 0.3 is 0 Å². The van der Waals surface area contributed by atoms with Gasteiger partial charge in [0.1, 0.15) is 0 Å². The summed E-state index contributed by atoms with van der Waals surface area (Å²) >= 11 is 1.82. The fourth-order valence-corrected chi connectivity index (χ4v) is 3.65. The number of benzene rings is 1. The van der Waals surface area contributed by atoms with Crippen molar-refractivity contribution in [1.29, 1.82) is 0 Å². The third-order valence-corrected chi connectivity index (χ3v) is 5.10. The van der Waals surface area contributed by atoms with Crippen LogP contribution in [0, 0.1) is 0 Å². The van der Waals surface area contributed by atoms with Gasteiger partial charge < -0.3 is 10.2 Å². The molecule has 4 heteroatoms. The lowest BCUT2D eigenvalue weighted by Gasteiger charge is -2.16. The molecule has 112 valence electrons. The predicted octanol–water partition coefficient (Wildman–Crippen LogP) is 3.91. The van der Waals surface area contributed by atoms with E-state index >= 15 is 0 Å². The predicted molar refractivity (Wildman–Crippen MR) is 91.0 cm³/mol. The highest BCUT2D eigenvalue weighted by Crippen LogP contribution is 2.35. The number of nitrogens with one attached hydrogen (secondary N) is 1. The first-order valence-electron chi connectivity index (χ1n) is 7.85. The summed E-state index contributed by atoms with van der Waals surface area (Å²) in [6, 6.07) is 11.3. The van der Waals surface area contributed by atoms with E-state index in [2.05, 4.69) is 54.4 Å². The van der Waals surface area contributed by atoms with Crippen LogP contribution in [0.4, 0.5) is 5.13 Å². The van der Waals surface area contributed by atoms with E-state index in [4.69, 9.17) is 4.98 Å². The van der Waals surface area contributed by atoms with Crippen molar-refractivity contribution in [2.75, 3.05) is 18.0 Å². The number of rotatable bonds is 7. The van der Waals surface area contributed by atoms with Crippen LogP contribution in [0.1, 0.15) is 32.4 Å². The molecule has 1 aromatic heterocycles. The maximum atomic E-state index is 4.91. The second-order valence-corrected chi connectivity index (χ2v) is 6.44. The average molecular weight is 301 g/mol. The van der Waals surface area contributed by atoms with Crippen molar-refractivity contribution in [1.82, 2.24) is 10.3 Å². The molecule has 1 aromatic carbocycles. The topological polar surface area (TPSA) is 28.2 Å². The van der Waals surface area contributed by atoms with Gasteiger partial charge in [0, 0.05) is 25.7 Å². The molecule has 1 fully saturated rings. The minimum Gasteiger partial charge on any atom is -0.349 e. The molecule has 0 radical (unpaired) electrons. The van der Waals surface area contributed by atoms with Gasteiger partial charge in [0.2, 0.25) is 0 Å². The largest absolute Gasteiger partial charge is 0.349 e. The highest BCUT2D eigenvalue weighted by molar-refractivity contribution is 7.19. The van der Waals surface area contributed by atoms with Crippen LogP contribution in [0.15, 0.2) is 30.3 Å². The van der Waals surface area contributed by atoms with Crippen molar-refractivity contribution in [2.24, 2.45) is 0 Å². The zero-order chi connectivity index (χ0) is 14.7. The van der Waals surface area contributed by atoms with E-state index in [-0.39, 0.29) is 0 Å². The molecule has 1 N–H and O–H groups in total. The minimum atomic E-state index is 0.715. The van der Waals surface area contributed by atoms with Crippen LogP contribution in [0.5, 0.6) is 0 Å². The molecule has 1 heterocycles. The summed E-state index contributed by atoms with van der Waals surface area (Å²) in [5.74, 6) is 0. The Balaban J connectivity index is 1.90. The maximum absolute atomic E-state index is 4.91. The molecule has 21 heavy (non-hydrogen) atoms. The molecule has 0 amide bonds. The van der Waals surface area contributed by atoms with E-state index < -0.39 is 0 Å². The SMILES string of the molecule is CCN(CC)c1nc(CNC2CC2)c(-c2ccccc2)s1. The van der Waals surface area contributed by atoms with Gasteiger partial charge in [0.15, 0.2) is 5.13 Å². The molecule has 3 rings (SSSR count). The fraction of sp³-hybridized carbons (Fsp3) is 0.471. The smallest absolute Gasteiger partial charge is 0.186 e. The average Bonchev–Trinajstić information content (AvgIpc) is 3.27. The Morgan fingerprint density at radius 3 is 2.52 bits per heavy atom. The number of thiazole rings is 1. The zero-order valence-corrected chi connectivity index (χ0v) is 13.6. The Hall–Kier alpha value is -1.39. The van der Waals surface area contributed by atoms with Gasteiger partial charge in [-0.15, -0.1) is 0 Å². The van der Waals surface area contributed by atoms with E-state index in [1.54, 1.807) is 0 Å². The lowest BCUT2D eigenvalue weighted by molar-refractivity contribution is 0.677. The number of hydrogen-bond acceptors (Lipinski definition) is 4. The molecule has 0 atom stereocenters. The van der Waals surface area contributed by atoms with Crippen molar-refractivity contribution < 1.29 is 0 Å². The maximum Gasteiger partial charge on any atom is 0.186 e. The molecule has 0 bridgehead atoms. The molecule has 1 aliphatic carbocycles. The molecular formula is C17H23N3S. The molecule has 0 spiro atoms. The monoisotopic (exact) mass is 301 g/mol. The number of hydrogen-bond donors (Lipinski definition) is 1. The van der Waals surface area contributed by atoms with E-state index in [1.807, 2.05) is 11.3 Å². The van der Waals surface area contributed by atoms with Crippen LogP contribution in [-0.4, -0.2) is 24.1 Å². The first-order chi connectivity index (χ1) is 10.3. The van der Waals surface area contributed by atoms with E-state index in [9.17, 15) is 0 Å². The molecule has 0 saturated heterocycles. The van der Waals surface area contributed by atoms with Crippen LogP contribution < -0.4 is 10.2 Å². The first-order valence-corrected chi connectivity index (χ1v) is 8.67. The molecule has 1 aliphatic rings. The van der Waals surface area contributed by atoms with Gasteiger partial charge in [-0.05, 0) is 32.3 Å². The normalized spacial score (nSPS) is 14.4. The standard InChI is InChI=1S/C17H23N3S/c1-3-20(4-2)17-19-15(12-18-14-10-11-14)16(21-17)13-8-6-5-7-9-13/h5-9,14,18H,3-4,10-12H2,1-2H3. The van der Waals surface area contributed by atoms with Crippen molar-refractivity contribution in [3.63, 3.8) is 0 Å². The van der Waals surface area contributed by atoms with Crippen molar-refractivity contribution in [3.8, 4) is 10.4 Å². The van der Waals surface area contributed by atoms with Gasteiger partial charge in [0.05, 0.1) is 10.6 Å². The number of aromatic nitrogens is 1. The van der Waals surface area contributed by atoms with Gasteiger partial charge in [-0.2, -0.15) is 0 Å². The minimum absolute atomic E-state index is 0.715. The molecule has 3 nitrogen and oxygen atoms in total. The Morgan fingerprint density at radius 1 is 1.19 bits per heavy atom. The molecule has 0 unspecified atom stereocenters. The van der Waals surface area contributed by atoms with Gasteiger partial charge in [-0.25, -0.2) is 4.98 Å². The van der Waals surface area contributed by atoms with Crippen molar-refractivity contribution in [2.45, 2.75) is 39.3 Å². The molecular weight excluding hydrogens is 278 g/mol. The summed E-state index contributed by atoms with van der Waals surface area (Å²) in [4.78, 5) is 8.55. The first kappa shape index (κ1) is 14.5. The van der Waals surface area contributed by atoms with Crippen molar-refractivity contribution in [3.05, 3.63) is 36.0 Å². The second-order valence-electron chi connectivity index (χ2n) is 5.47. The van der Waals surface area contributed by atoms with E-state index in [1.165, 1.54) is 29.0 Å². The summed E-state index contributed by atoms with van der Waals surface area (Å²) in [5.41, 5.74) is 2.47.